The summed E-state index contributed by atoms with van der Waals surface area (Å²) in [5, 5.41) is 10.7. The number of anilines is 1. The van der Waals surface area contributed by atoms with E-state index in [1.165, 1.54) is 12.1 Å². The van der Waals surface area contributed by atoms with Crippen molar-refractivity contribution in [1.82, 2.24) is 0 Å². The summed E-state index contributed by atoms with van der Waals surface area (Å²) < 4.78 is 0. The summed E-state index contributed by atoms with van der Waals surface area (Å²) in [5.74, 6) is -0.166. The van der Waals surface area contributed by atoms with E-state index in [2.05, 4.69) is 0 Å². The number of amides is 1. The van der Waals surface area contributed by atoms with Crippen molar-refractivity contribution < 1.29 is 9.72 Å². The molecule has 5 nitrogen and oxygen atoms in total. The number of nitrogens with zero attached hydrogens (tertiary/aromatic N) is 2. The lowest BCUT2D eigenvalue weighted by atomic mass is 10.1. The molecular weight excluding hydrogens is 276 g/mol. The smallest absolute Gasteiger partial charge is 0.304 e. The average molecular weight is 288 g/mol. The predicted octanol–water partition coefficient (Wildman–Crippen LogP) is 3.25. The monoisotopic (exact) mass is 288 g/mol. The highest BCUT2D eigenvalue weighted by molar-refractivity contribution is 7.17. The van der Waals surface area contributed by atoms with Crippen LogP contribution >= 0.6 is 11.3 Å². The predicted molar refractivity (Wildman–Crippen MR) is 77.4 cm³/mol. The molecule has 1 aliphatic rings. The van der Waals surface area contributed by atoms with Gasteiger partial charge < -0.3 is 4.90 Å². The minimum atomic E-state index is -0.469. The molecule has 6 heteroatoms. The Morgan fingerprint density at radius 2 is 2.10 bits per heavy atom. The molecule has 1 aromatic heterocycles. The second kappa shape index (κ2) is 4.72. The summed E-state index contributed by atoms with van der Waals surface area (Å²) in [4.78, 5) is 24.9. The molecule has 1 aromatic carbocycles. The topological polar surface area (TPSA) is 63.5 Å². The standard InChI is InChI=1S/C14H12N2O3S/c1-9-8-10-4-2-3-5-11(10)15(9)14(17)12-6-7-13(20-12)16(18)19/h2-7,9H,8H2,1H3/t9-/m0/s1. The van der Waals surface area contributed by atoms with E-state index in [-0.39, 0.29) is 17.0 Å². The Balaban J connectivity index is 1.96. The zero-order valence-corrected chi connectivity index (χ0v) is 11.6. The van der Waals surface area contributed by atoms with Crippen LogP contribution in [0.1, 0.15) is 22.2 Å². The molecule has 20 heavy (non-hydrogen) atoms. The number of thiophene rings is 1. The van der Waals surface area contributed by atoms with Crippen molar-refractivity contribution >= 4 is 27.9 Å². The van der Waals surface area contributed by atoms with Crippen LogP contribution in [0.5, 0.6) is 0 Å². The van der Waals surface area contributed by atoms with Gasteiger partial charge in [-0.3, -0.25) is 14.9 Å². The molecule has 1 aliphatic heterocycles. The van der Waals surface area contributed by atoms with Gasteiger partial charge in [0.15, 0.2) is 0 Å². The van der Waals surface area contributed by atoms with E-state index in [0.717, 1.165) is 29.0 Å². The van der Waals surface area contributed by atoms with Crippen molar-refractivity contribution in [2.45, 2.75) is 19.4 Å². The average Bonchev–Trinajstić information content (AvgIpc) is 3.01. The normalized spacial score (nSPS) is 17.1. The number of carbonyl (C=O) groups is 1. The van der Waals surface area contributed by atoms with Crippen molar-refractivity contribution in [2.75, 3.05) is 4.90 Å². The first-order valence-electron chi connectivity index (χ1n) is 6.23. The zero-order chi connectivity index (χ0) is 14.3. The summed E-state index contributed by atoms with van der Waals surface area (Å²) in [5.41, 5.74) is 2.04. The first-order chi connectivity index (χ1) is 9.58. The third-order valence-corrected chi connectivity index (χ3v) is 4.43. The molecule has 0 aliphatic carbocycles. The van der Waals surface area contributed by atoms with E-state index in [0.29, 0.717) is 4.88 Å². The zero-order valence-electron chi connectivity index (χ0n) is 10.8. The number of nitro groups is 1. The summed E-state index contributed by atoms with van der Waals surface area (Å²) in [6, 6.07) is 10.8. The Hall–Kier alpha value is -2.21. The van der Waals surface area contributed by atoms with Crippen molar-refractivity contribution in [2.24, 2.45) is 0 Å². The van der Waals surface area contributed by atoms with Crippen LogP contribution in [0.25, 0.3) is 0 Å². The van der Waals surface area contributed by atoms with Gasteiger partial charge in [0.1, 0.15) is 0 Å². The van der Waals surface area contributed by atoms with Crippen molar-refractivity contribution in [3.05, 3.63) is 57.0 Å². The highest BCUT2D eigenvalue weighted by Crippen LogP contribution is 2.35. The number of hydrogen-bond donors (Lipinski definition) is 0. The Bertz CT molecular complexity index is 695. The van der Waals surface area contributed by atoms with Crippen molar-refractivity contribution in [3.8, 4) is 0 Å². The fourth-order valence-electron chi connectivity index (χ4n) is 2.53. The van der Waals surface area contributed by atoms with Crippen LogP contribution in [0, 0.1) is 10.1 Å². The van der Waals surface area contributed by atoms with E-state index in [4.69, 9.17) is 0 Å². The van der Waals surface area contributed by atoms with E-state index < -0.39 is 4.92 Å². The van der Waals surface area contributed by atoms with Crippen LogP contribution in [0.15, 0.2) is 36.4 Å². The lowest BCUT2D eigenvalue weighted by molar-refractivity contribution is -0.380. The Kier molecular flexibility index (Phi) is 3.02. The third kappa shape index (κ3) is 1.98. The van der Waals surface area contributed by atoms with Gasteiger partial charge in [-0.25, -0.2) is 0 Å². The quantitative estimate of drug-likeness (QED) is 0.629. The van der Waals surface area contributed by atoms with E-state index >= 15 is 0 Å². The lowest BCUT2D eigenvalue weighted by Gasteiger charge is -2.21. The second-order valence-electron chi connectivity index (χ2n) is 4.75. The molecule has 0 saturated heterocycles. The number of fused-ring (bicyclic) bond motifs is 1. The molecule has 3 rings (SSSR count). The van der Waals surface area contributed by atoms with Crippen LogP contribution in [-0.4, -0.2) is 16.9 Å². The summed E-state index contributed by atoms with van der Waals surface area (Å²) in [6.45, 7) is 1.99. The Morgan fingerprint density at radius 3 is 2.80 bits per heavy atom. The van der Waals surface area contributed by atoms with E-state index in [9.17, 15) is 14.9 Å². The van der Waals surface area contributed by atoms with Crippen LogP contribution in [0.4, 0.5) is 10.7 Å². The van der Waals surface area contributed by atoms with Crippen LogP contribution in [0.3, 0.4) is 0 Å². The van der Waals surface area contributed by atoms with Crippen LogP contribution in [0.2, 0.25) is 0 Å². The van der Waals surface area contributed by atoms with Gasteiger partial charge in [-0.15, -0.1) is 0 Å². The first-order valence-corrected chi connectivity index (χ1v) is 7.05. The number of carbonyl (C=O) groups excluding carboxylic acids is 1. The molecule has 0 bridgehead atoms. The molecule has 0 N–H and O–H groups in total. The van der Waals surface area contributed by atoms with Gasteiger partial charge in [-0.05, 0) is 31.0 Å². The molecule has 1 amide bonds. The maximum absolute atomic E-state index is 12.6. The second-order valence-corrected chi connectivity index (χ2v) is 5.81. The fraction of sp³-hybridized carbons (Fsp3) is 0.214. The molecule has 0 fully saturated rings. The fourth-order valence-corrected chi connectivity index (χ4v) is 3.29. The third-order valence-electron chi connectivity index (χ3n) is 3.41. The first kappa shape index (κ1) is 12.8. The van der Waals surface area contributed by atoms with Gasteiger partial charge in [0.25, 0.3) is 5.91 Å². The number of para-hydroxylation sites is 1. The highest BCUT2D eigenvalue weighted by atomic mass is 32.1. The highest BCUT2D eigenvalue weighted by Gasteiger charge is 2.32. The molecule has 1 atom stereocenters. The molecule has 0 unspecified atom stereocenters. The van der Waals surface area contributed by atoms with Gasteiger partial charge in [-0.2, -0.15) is 0 Å². The molecule has 2 heterocycles. The molecule has 0 spiro atoms. The molecule has 2 aromatic rings. The Morgan fingerprint density at radius 1 is 1.35 bits per heavy atom. The maximum atomic E-state index is 12.6. The van der Waals surface area contributed by atoms with E-state index in [1.807, 2.05) is 31.2 Å². The van der Waals surface area contributed by atoms with E-state index in [1.54, 1.807) is 4.90 Å². The van der Waals surface area contributed by atoms with Gasteiger partial charge in [0, 0.05) is 17.8 Å². The van der Waals surface area contributed by atoms with Crippen LogP contribution in [-0.2, 0) is 6.42 Å². The minimum absolute atomic E-state index is 0.00603. The largest absolute Gasteiger partial charge is 0.324 e. The number of benzene rings is 1. The van der Waals surface area contributed by atoms with Gasteiger partial charge in [-0.1, -0.05) is 29.5 Å². The van der Waals surface area contributed by atoms with Crippen molar-refractivity contribution in [1.29, 1.82) is 0 Å². The molecule has 0 radical (unpaired) electrons. The van der Waals surface area contributed by atoms with Gasteiger partial charge in [0.05, 0.1) is 9.80 Å². The number of rotatable bonds is 2. The molecular formula is C14H12N2O3S. The number of hydrogen-bond acceptors (Lipinski definition) is 4. The summed E-state index contributed by atoms with van der Waals surface area (Å²) in [7, 11) is 0. The lowest BCUT2D eigenvalue weighted by Crippen LogP contribution is -2.35. The van der Waals surface area contributed by atoms with Crippen molar-refractivity contribution in [3.63, 3.8) is 0 Å². The Labute approximate surface area is 119 Å². The summed E-state index contributed by atoms with van der Waals surface area (Å²) >= 11 is 0.922. The van der Waals surface area contributed by atoms with Crippen LogP contribution < -0.4 is 4.90 Å². The molecule has 0 saturated carbocycles. The maximum Gasteiger partial charge on any atom is 0.324 e. The SMILES string of the molecule is C[C@H]1Cc2ccccc2N1C(=O)c1ccc([N+](=O)[O-])s1. The molecule has 102 valence electrons. The van der Waals surface area contributed by atoms with Gasteiger partial charge >= 0.3 is 5.00 Å². The minimum Gasteiger partial charge on any atom is -0.304 e. The van der Waals surface area contributed by atoms with Gasteiger partial charge in [0.2, 0.25) is 0 Å². The summed E-state index contributed by atoms with van der Waals surface area (Å²) in [6.07, 6.45) is 0.815.